The Labute approximate surface area is 139 Å². The minimum Gasteiger partial charge on any atom is -0.454 e. The Balaban J connectivity index is 2.00. The first-order chi connectivity index (χ1) is 11.2. The average molecular weight is 367 g/mol. The van der Waals surface area contributed by atoms with Gasteiger partial charge in [0.25, 0.3) is 0 Å². The van der Waals surface area contributed by atoms with E-state index < -0.39 is 0 Å². The molecule has 2 heterocycles. The highest BCUT2D eigenvalue weighted by Gasteiger charge is 2.08. The third-order valence-corrected chi connectivity index (χ3v) is 4.19. The Bertz CT molecular complexity index is 1100. The number of pyridine rings is 1. The van der Waals surface area contributed by atoms with Crippen LogP contribution in [0.4, 0.5) is 0 Å². The highest BCUT2D eigenvalue weighted by atomic mass is 79.9. The van der Waals surface area contributed by atoms with Crippen molar-refractivity contribution in [2.24, 2.45) is 5.16 Å². The molecular formula is C18H11BrN2O2. The average Bonchev–Trinajstić information content (AvgIpc) is 2.60. The lowest BCUT2D eigenvalue weighted by atomic mass is 10.1. The molecule has 2 aromatic heterocycles. The van der Waals surface area contributed by atoms with E-state index in [9.17, 15) is 5.21 Å². The van der Waals surface area contributed by atoms with Crippen LogP contribution in [0.2, 0.25) is 0 Å². The van der Waals surface area contributed by atoms with Gasteiger partial charge in [-0.25, -0.2) is 0 Å². The van der Waals surface area contributed by atoms with Gasteiger partial charge in [-0.2, -0.15) is 0 Å². The summed E-state index contributed by atoms with van der Waals surface area (Å²) in [5.41, 5.74) is 1.31. The summed E-state index contributed by atoms with van der Waals surface area (Å²) in [6.07, 6.45) is 1.81. The molecule has 2 aromatic carbocycles. The second kappa shape index (κ2) is 5.52. The summed E-state index contributed by atoms with van der Waals surface area (Å²) in [4.78, 5) is 4.45. The lowest BCUT2D eigenvalue weighted by molar-refractivity contribution is 0.302. The Morgan fingerprint density at radius 2 is 1.83 bits per heavy atom. The van der Waals surface area contributed by atoms with E-state index in [2.05, 4.69) is 26.1 Å². The predicted molar refractivity (Wildman–Crippen MR) is 92.0 cm³/mol. The smallest absolute Gasteiger partial charge is 0.155 e. The summed E-state index contributed by atoms with van der Waals surface area (Å²) in [6.45, 7) is 0. The molecule has 0 radical (unpaired) electrons. The fraction of sp³-hybridized carbons (Fsp3) is 0. The Morgan fingerprint density at radius 3 is 2.65 bits per heavy atom. The van der Waals surface area contributed by atoms with Gasteiger partial charge < -0.3 is 9.62 Å². The molecule has 4 rings (SSSR count). The van der Waals surface area contributed by atoms with E-state index in [-0.39, 0.29) is 0 Å². The molecule has 0 saturated carbocycles. The van der Waals surface area contributed by atoms with Crippen molar-refractivity contribution in [3.63, 3.8) is 0 Å². The first kappa shape index (κ1) is 14.0. The molecular weight excluding hydrogens is 356 g/mol. The van der Waals surface area contributed by atoms with Crippen molar-refractivity contribution < 1.29 is 9.62 Å². The Kier molecular flexibility index (Phi) is 3.35. The maximum absolute atomic E-state index is 9.30. The molecule has 4 aromatic rings. The van der Waals surface area contributed by atoms with Crippen LogP contribution in [0.1, 0.15) is 0 Å². The van der Waals surface area contributed by atoms with Gasteiger partial charge in [-0.05, 0) is 29.7 Å². The molecule has 0 saturated heterocycles. The zero-order valence-corrected chi connectivity index (χ0v) is 13.5. The van der Waals surface area contributed by atoms with Gasteiger partial charge in [0.2, 0.25) is 0 Å². The molecule has 0 amide bonds. The molecule has 0 unspecified atom stereocenters. The normalized spacial score (nSPS) is 12.1. The third-order valence-electron chi connectivity index (χ3n) is 3.70. The minimum atomic E-state index is 0.448. The van der Waals surface area contributed by atoms with Gasteiger partial charge >= 0.3 is 0 Å². The number of rotatable bonds is 1. The number of nitrogens with zero attached hydrogens (tertiary/aromatic N) is 2. The van der Waals surface area contributed by atoms with E-state index in [1.165, 1.54) is 0 Å². The largest absolute Gasteiger partial charge is 0.454 e. The summed E-state index contributed by atoms with van der Waals surface area (Å²) in [7, 11) is 0. The van der Waals surface area contributed by atoms with Gasteiger partial charge in [-0.15, -0.1) is 0 Å². The number of benzene rings is 2. The summed E-state index contributed by atoms with van der Waals surface area (Å²) in [5, 5.41) is 16.0. The van der Waals surface area contributed by atoms with Crippen LogP contribution in [-0.2, 0) is 0 Å². The van der Waals surface area contributed by atoms with Crippen LogP contribution in [0.25, 0.3) is 33.2 Å². The van der Waals surface area contributed by atoms with Crippen LogP contribution in [0.15, 0.2) is 74.8 Å². The van der Waals surface area contributed by atoms with E-state index in [0.717, 1.165) is 20.6 Å². The van der Waals surface area contributed by atoms with Crippen LogP contribution in [0.3, 0.4) is 0 Å². The number of hydrogen-bond donors (Lipinski definition) is 1. The second-order valence-corrected chi connectivity index (χ2v) is 6.07. The van der Waals surface area contributed by atoms with E-state index in [0.29, 0.717) is 22.4 Å². The molecule has 0 fully saturated rings. The summed E-state index contributed by atoms with van der Waals surface area (Å²) < 4.78 is 6.85. The van der Waals surface area contributed by atoms with Crippen molar-refractivity contribution in [3.8, 4) is 11.5 Å². The van der Waals surface area contributed by atoms with E-state index in [4.69, 9.17) is 4.42 Å². The zero-order valence-electron chi connectivity index (χ0n) is 11.9. The van der Waals surface area contributed by atoms with E-state index in [1.807, 2.05) is 48.5 Å². The summed E-state index contributed by atoms with van der Waals surface area (Å²) in [6, 6.07) is 17.2. The van der Waals surface area contributed by atoms with Crippen molar-refractivity contribution in [1.29, 1.82) is 0 Å². The molecule has 112 valence electrons. The van der Waals surface area contributed by atoms with Gasteiger partial charge in [-0.1, -0.05) is 45.4 Å². The molecule has 1 N–H and O–H groups in total. The van der Waals surface area contributed by atoms with Crippen molar-refractivity contribution in [2.45, 2.75) is 0 Å². The van der Waals surface area contributed by atoms with Gasteiger partial charge in [0.15, 0.2) is 5.76 Å². The summed E-state index contributed by atoms with van der Waals surface area (Å²) in [5.74, 6) is 0.550. The number of fused-ring (bicyclic) bond motifs is 2. The zero-order chi connectivity index (χ0) is 15.8. The van der Waals surface area contributed by atoms with Crippen LogP contribution in [0.5, 0.6) is 0 Å². The number of aromatic nitrogens is 1. The maximum atomic E-state index is 9.30. The monoisotopic (exact) mass is 366 g/mol. The first-order valence-corrected chi connectivity index (χ1v) is 7.80. The van der Waals surface area contributed by atoms with Gasteiger partial charge in [0.1, 0.15) is 16.6 Å². The topological polar surface area (TPSA) is 58.6 Å². The number of halogens is 1. The second-order valence-electron chi connectivity index (χ2n) is 5.15. The Morgan fingerprint density at radius 1 is 1.00 bits per heavy atom. The molecule has 0 aliphatic heterocycles. The quantitative estimate of drug-likeness (QED) is 0.392. The van der Waals surface area contributed by atoms with Crippen molar-refractivity contribution in [2.75, 3.05) is 0 Å². The van der Waals surface area contributed by atoms with Crippen LogP contribution < -0.4 is 5.36 Å². The van der Waals surface area contributed by atoms with Crippen molar-refractivity contribution in [1.82, 2.24) is 4.98 Å². The van der Waals surface area contributed by atoms with Gasteiger partial charge in [0, 0.05) is 27.5 Å². The lowest BCUT2D eigenvalue weighted by Gasteiger charge is -2.05. The highest BCUT2D eigenvalue weighted by molar-refractivity contribution is 9.10. The molecule has 0 aliphatic carbocycles. The van der Waals surface area contributed by atoms with Crippen LogP contribution in [-0.4, -0.2) is 10.2 Å². The predicted octanol–water partition coefficient (Wildman–Crippen LogP) is 4.70. The van der Waals surface area contributed by atoms with Crippen LogP contribution >= 0.6 is 15.9 Å². The maximum Gasteiger partial charge on any atom is 0.155 e. The standard InChI is InChI=1S/C18H11BrN2O2/c19-13-5-6-14-15(21-22)9-18(23-17(14)8-13)16-7-11-3-1-2-4-12(11)10-20-16/h1-10,22H/b21-15+. The third kappa shape index (κ3) is 2.49. The SMILES string of the molecule is O/N=c1\cc(-c2cc3ccccc3cn2)oc2cc(Br)ccc12. The van der Waals surface area contributed by atoms with Gasteiger partial charge in [-0.3, -0.25) is 4.98 Å². The lowest BCUT2D eigenvalue weighted by Crippen LogP contribution is -2.03. The summed E-state index contributed by atoms with van der Waals surface area (Å²) >= 11 is 3.42. The minimum absolute atomic E-state index is 0.448. The van der Waals surface area contributed by atoms with E-state index in [1.54, 1.807) is 12.3 Å². The van der Waals surface area contributed by atoms with Crippen molar-refractivity contribution in [3.05, 3.63) is 70.6 Å². The molecule has 4 nitrogen and oxygen atoms in total. The fourth-order valence-electron chi connectivity index (χ4n) is 2.57. The fourth-order valence-corrected chi connectivity index (χ4v) is 2.91. The van der Waals surface area contributed by atoms with Crippen LogP contribution in [0, 0.1) is 0 Å². The molecule has 0 spiro atoms. The molecule has 0 atom stereocenters. The molecule has 0 bridgehead atoms. The molecule has 5 heteroatoms. The van der Waals surface area contributed by atoms with Crippen molar-refractivity contribution >= 4 is 37.7 Å². The highest BCUT2D eigenvalue weighted by Crippen LogP contribution is 2.25. The molecule has 23 heavy (non-hydrogen) atoms. The van der Waals surface area contributed by atoms with E-state index >= 15 is 0 Å². The number of hydrogen-bond acceptors (Lipinski definition) is 4. The Hall–Kier alpha value is -2.66. The molecule has 0 aliphatic rings. The van der Waals surface area contributed by atoms with Gasteiger partial charge in [0.05, 0.1) is 0 Å². The first-order valence-electron chi connectivity index (χ1n) is 7.01.